The van der Waals surface area contributed by atoms with Gasteiger partial charge in [-0.1, -0.05) is 15.9 Å². The van der Waals surface area contributed by atoms with Gasteiger partial charge < -0.3 is 4.90 Å². The number of unbranched alkanes of at least 4 members (excludes halogenated alkanes) is 1. The Morgan fingerprint density at radius 1 is 1.38 bits per heavy atom. The van der Waals surface area contributed by atoms with E-state index >= 15 is 0 Å². The number of halogens is 1. The van der Waals surface area contributed by atoms with Crippen LogP contribution in [0.15, 0.2) is 0 Å². The largest absolute Gasteiger partial charge is 0.301 e. The second-order valence-electron chi connectivity index (χ2n) is 4.28. The van der Waals surface area contributed by atoms with E-state index in [2.05, 4.69) is 46.4 Å². The van der Waals surface area contributed by atoms with Gasteiger partial charge in [0, 0.05) is 28.9 Å². The van der Waals surface area contributed by atoms with Gasteiger partial charge in [0.15, 0.2) is 0 Å². The van der Waals surface area contributed by atoms with Crippen molar-refractivity contribution in [2.75, 3.05) is 30.7 Å². The van der Waals surface area contributed by atoms with Gasteiger partial charge in [0.05, 0.1) is 0 Å². The Balaban J connectivity index is 2.19. The highest BCUT2D eigenvalue weighted by Crippen LogP contribution is 2.29. The Labute approximate surface area is 94.8 Å². The van der Waals surface area contributed by atoms with E-state index in [1.807, 2.05) is 0 Å². The fourth-order valence-corrected chi connectivity index (χ4v) is 3.31. The second-order valence-corrected chi connectivity index (χ2v) is 6.88. The molecule has 0 saturated carbocycles. The molecule has 0 bridgehead atoms. The van der Waals surface area contributed by atoms with Gasteiger partial charge in [-0.25, -0.2) is 0 Å². The van der Waals surface area contributed by atoms with Crippen LogP contribution in [0.5, 0.6) is 0 Å². The van der Waals surface area contributed by atoms with E-state index in [9.17, 15) is 0 Å². The maximum Gasteiger partial charge on any atom is 0.0231 e. The average Bonchev–Trinajstić information content (AvgIpc) is 2.03. The molecule has 0 aromatic rings. The summed E-state index contributed by atoms with van der Waals surface area (Å²) in [4.78, 5) is 2.61. The molecule has 0 aromatic carbocycles. The molecule has 0 spiro atoms. The molecule has 78 valence electrons. The summed E-state index contributed by atoms with van der Waals surface area (Å²) in [5.74, 6) is 1.31. The van der Waals surface area contributed by atoms with Crippen LogP contribution in [0.3, 0.4) is 0 Å². The number of nitrogens with zero attached hydrogens (tertiary/aromatic N) is 1. The monoisotopic (exact) mass is 265 g/mol. The molecule has 1 aliphatic heterocycles. The Kier molecular flexibility index (Phi) is 5.13. The molecule has 1 heterocycles. The van der Waals surface area contributed by atoms with Gasteiger partial charge in [0.1, 0.15) is 0 Å². The third-order valence-electron chi connectivity index (χ3n) is 2.36. The summed E-state index contributed by atoms with van der Waals surface area (Å²) in [7, 11) is 0. The van der Waals surface area contributed by atoms with Gasteiger partial charge in [-0.3, -0.25) is 0 Å². The lowest BCUT2D eigenvalue weighted by Gasteiger charge is -2.37. The van der Waals surface area contributed by atoms with Crippen LogP contribution < -0.4 is 0 Å². The molecule has 1 aliphatic rings. The van der Waals surface area contributed by atoms with Crippen molar-refractivity contribution in [3.05, 3.63) is 0 Å². The lowest BCUT2D eigenvalue weighted by atomic mass is 10.1. The van der Waals surface area contributed by atoms with E-state index in [4.69, 9.17) is 0 Å². The molecule has 0 radical (unpaired) electrons. The summed E-state index contributed by atoms with van der Waals surface area (Å²) in [5.41, 5.74) is 0. The molecule has 0 aliphatic carbocycles. The lowest BCUT2D eigenvalue weighted by Crippen LogP contribution is -2.43. The van der Waals surface area contributed by atoms with Crippen LogP contribution in [0.25, 0.3) is 0 Å². The molecule has 0 amide bonds. The summed E-state index contributed by atoms with van der Waals surface area (Å²) in [5, 5.41) is 1.15. The standard InChI is InChI=1S/C10H20BrNS/c1-10(2)9-12(7-8-13-10)6-4-3-5-11/h3-9H2,1-2H3. The van der Waals surface area contributed by atoms with Gasteiger partial charge in [0.2, 0.25) is 0 Å². The minimum Gasteiger partial charge on any atom is -0.301 e. The van der Waals surface area contributed by atoms with Crippen LogP contribution in [0, 0.1) is 0 Å². The molecule has 3 heteroatoms. The Morgan fingerprint density at radius 3 is 2.77 bits per heavy atom. The molecule has 0 N–H and O–H groups in total. The van der Waals surface area contributed by atoms with E-state index < -0.39 is 0 Å². The number of hydrogen-bond acceptors (Lipinski definition) is 2. The number of rotatable bonds is 4. The van der Waals surface area contributed by atoms with Crippen LogP contribution in [0.4, 0.5) is 0 Å². The summed E-state index contributed by atoms with van der Waals surface area (Å²) in [6.45, 7) is 8.55. The zero-order valence-electron chi connectivity index (χ0n) is 8.68. The normalized spacial score (nSPS) is 23.3. The smallest absolute Gasteiger partial charge is 0.0231 e. The maximum atomic E-state index is 3.47. The molecule has 0 atom stereocenters. The molecule has 0 aromatic heterocycles. The van der Waals surface area contributed by atoms with Gasteiger partial charge in [-0.2, -0.15) is 11.8 Å². The van der Waals surface area contributed by atoms with Crippen molar-refractivity contribution >= 4 is 27.7 Å². The zero-order valence-corrected chi connectivity index (χ0v) is 11.1. The minimum absolute atomic E-state index is 0.479. The van der Waals surface area contributed by atoms with Crippen molar-refractivity contribution in [1.29, 1.82) is 0 Å². The molecular formula is C10H20BrNS. The predicted octanol–water partition coefficient (Wildman–Crippen LogP) is 2.99. The van der Waals surface area contributed by atoms with Crippen LogP contribution in [-0.4, -0.2) is 40.4 Å². The lowest BCUT2D eigenvalue weighted by molar-refractivity contribution is 0.257. The minimum atomic E-state index is 0.479. The van der Waals surface area contributed by atoms with Gasteiger partial charge >= 0.3 is 0 Å². The summed E-state index contributed by atoms with van der Waals surface area (Å²) in [6.07, 6.45) is 2.65. The van der Waals surface area contributed by atoms with Gasteiger partial charge in [-0.15, -0.1) is 0 Å². The molecule has 1 nitrogen and oxygen atoms in total. The van der Waals surface area contributed by atoms with E-state index in [1.165, 1.54) is 38.2 Å². The molecule has 0 unspecified atom stereocenters. The van der Waals surface area contributed by atoms with E-state index in [0.717, 1.165) is 5.33 Å². The number of alkyl halides is 1. The highest BCUT2D eigenvalue weighted by molar-refractivity contribution is 9.09. The molecule has 1 fully saturated rings. The highest BCUT2D eigenvalue weighted by atomic mass is 79.9. The van der Waals surface area contributed by atoms with Crippen LogP contribution in [-0.2, 0) is 0 Å². The topological polar surface area (TPSA) is 3.24 Å². The van der Waals surface area contributed by atoms with Gasteiger partial charge in [-0.05, 0) is 33.2 Å². The van der Waals surface area contributed by atoms with Crippen LogP contribution >= 0.6 is 27.7 Å². The summed E-state index contributed by atoms with van der Waals surface area (Å²) < 4.78 is 0.479. The first-order valence-corrected chi connectivity index (χ1v) is 7.17. The van der Waals surface area contributed by atoms with Crippen molar-refractivity contribution in [2.45, 2.75) is 31.4 Å². The van der Waals surface area contributed by atoms with E-state index in [1.54, 1.807) is 0 Å². The van der Waals surface area contributed by atoms with E-state index in [-0.39, 0.29) is 0 Å². The Bertz CT molecular complexity index is 150. The van der Waals surface area contributed by atoms with Crippen molar-refractivity contribution in [3.63, 3.8) is 0 Å². The zero-order chi connectivity index (χ0) is 9.73. The highest BCUT2D eigenvalue weighted by Gasteiger charge is 2.26. The van der Waals surface area contributed by atoms with Crippen LogP contribution in [0.2, 0.25) is 0 Å². The summed E-state index contributed by atoms with van der Waals surface area (Å²) >= 11 is 5.59. The van der Waals surface area contributed by atoms with Gasteiger partial charge in [0.25, 0.3) is 0 Å². The molecule has 1 rings (SSSR count). The van der Waals surface area contributed by atoms with Crippen molar-refractivity contribution in [1.82, 2.24) is 4.90 Å². The number of hydrogen-bond donors (Lipinski definition) is 0. The van der Waals surface area contributed by atoms with Crippen LogP contribution in [0.1, 0.15) is 26.7 Å². The number of thioether (sulfide) groups is 1. The fraction of sp³-hybridized carbons (Fsp3) is 1.00. The van der Waals surface area contributed by atoms with Crippen molar-refractivity contribution in [2.24, 2.45) is 0 Å². The van der Waals surface area contributed by atoms with Crippen molar-refractivity contribution in [3.8, 4) is 0 Å². The predicted molar refractivity (Wildman–Crippen MR) is 66.0 cm³/mol. The Morgan fingerprint density at radius 2 is 2.15 bits per heavy atom. The SMILES string of the molecule is CC1(C)CN(CCCCBr)CCS1. The third-order valence-corrected chi connectivity index (χ3v) is 4.22. The quantitative estimate of drug-likeness (QED) is 0.568. The molecule has 13 heavy (non-hydrogen) atoms. The van der Waals surface area contributed by atoms with Crippen molar-refractivity contribution < 1.29 is 0 Å². The Hall–Kier alpha value is 0.790. The fourth-order valence-electron chi connectivity index (χ4n) is 1.73. The first kappa shape index (κ1) is 11.9. The summed E-state index contributed by atoms with van der Waals surface area (Å²) in [6, 6.07) is 0. The second kappa shape index (κ2) is 5.62. The first-order chi connectivity index (χ1) is 6.14. The third kappa shape index (κ3) is 4.71. The molecular weight excluding hydrogens is 246 g/mol. The maximum absolute atomic E-state index is 3.47. The van der Waals surface area contributed by atoms with E-state index in [0.29, 0.717) is 4.75 Å². The first-order valence-electron chi connectivity index (χ1n) is 5.06. The molecule has 1 saturated heterocycles. The average molecular weight is 266 g/mol.